The van der Waals surface area contributed by atoms with Gasteiger partial charge in [-0.05, 0) is 80.5 Å². The van der Waals surface area contributed by atoms with Gasteiger partial charge in [0, 0.05) is 30.6 Å². The second-order valence-corrected chi connectivity index (χ2v) is 12.5. The first-order chi connectivity index (χ1) is 14.9. The molecule has 7 aliphatic rings. The summed E-state index contributed by atoms with van der Waals surface area (Å²) in [6.07, 6.45) is 11.0. The number of carbonyl (C=O) groups excluding carboxylic acids is 1. The SMILES string of the molecule is CC1([C@H]2CC[C@@H]3[C@@H]4CC[C@H]5CC6(CC[C@]57C[C@]47C(=O)C[C@@]3(C)C2)OCCO6)OCCO1. The number of Topliss-reactive ketones (excluding diaryl/α,β-unsaturated/α-hetero) is 1. The summed E-state index contributed by atoms with van der Waals surface area (Å²) in [5.74, 6) is 2.13. The van der Waals surface area contributed by atoms with Crippen LogP contribution in [0.2, 0.25) is 0 Å². The van der Waals surface area contributed by atoms with Crippen molar-refractivity contribution in [3.8, 4) is 0 Å². The Balaban J connectivity index is 1.16. The van der Waals surface area contributed by atoms with Gasteiger partial charge < -0.3 is 18.9 Å². The number of fused-ring (bicyclic) bond motifs is 2. The number of ether oxygens (including phenoxy) is 4. The third-order valence-electron chi connectivity index (χ3n) is 11.5. The van der Waals surface area contributed by atoms with Crippen molar-refractivity contribution < 1.29 is 23.7 Å². The average Bonchev–Trinajstić information content (AvgIpc) is 2.99. The molecular formula is C26H38O5. The molecule has 172 valence electrons. The molecule has 31 heavy (non-hydrogen) atoms. The van der Waals surface area contributed by atoms with Gasteiger partial charge in [-0.2, -0.15) is 0 Å². The Morgan fingerprint density at radius 2 is 1.45 bits per heavy atom. The van der Waals surface area contributed by atoms with Crippen LogP contribution in [0.3, 0.4) is 0 Å². The lowest BCUT2D eigenvalue weighted by Gasteiger charge is -2.59. The highest BCUT2D eigenvalue weighted by Crippen LogP contribution is 2.84. The highest BCUT2D eigenvalue weighted by molar-refractivity contribution is 5.91. The van der Waals surface area contributed by atoms with Gasteiger partial charge in [0.05, 0.1) is 26.4 Å². The minimum absolute atomic E-state index is 0.0165. The van der Waals surface area contributed by atoms with Crippen molar-refractivity contribution in [1.82, 2.24) is 0 Å². The number of rotatable bonds is 1. The van der Waals surface area contributed by atoms with Crippen LogP contribution >= 0.6 is 0 Å². The largest absolute Gasteiger partial charge is 0.348 e. The number of hydrogen-bond donors (Lipinski definition) is 0. The predicted molar refractivity (Wildman–Crippen MR) is 113 cm³/mol. The Morgan fingerprint density at radius 1 is 0.774 bits per heavy atom. The fraction of sp³-hybridized carbons (Fsp3) is 0.962. The van der Waals surface area contributed by atoms with Crippen LogP contribution in [0.1, 0.15) is 78.1 Å². The van der Waals surface area contributed by atoms with Crippen molar-refractivity contribution in [3.63, 3.8) is 0 Å². The first-order valence-corrected chi connectivity index (χ1v) is 12.9. The zero-order valence-corrected chi connectivity index (χ0v) is 19.3. The van der Waals surface area contributed by atoms with Crippen molar-refractivity contribution in [2.75, 3.05) is 26.4 Å². The quantitative estimate of drug-likeness (QED) is 0.614. The van der Waals surface area contributed by atoms with Gasteiger partial charge in [0.1, 0.15) is 5.78 Å². The molecule has 5 nitrogen and oxygen atoms in total. The summed E-state index contributed by atoms with van der Waals surface area (Å²) in [4.78, 5) is 14.0. The maximum absolute atomic E-state index is 14.0. The van der Waals surface area contributed by atoms with E-state index in [9.17, 15) is 4.79 Å². The minimum atomic E-state index is -0.441. The van der Waals surface area contributed by atoms with Gasteiger partial charge in [0.2, 0.25) is 0 Å². The van der Waals surface area contributed by atoms with E-state index in [1.165, 1.54) is 25.7 Å². The Morgan fingerprint density at radius 3 is 2.23 bits per heavy atom. The molecule has 5 heteroatoms. The number of hydrogen-bond acceptors (Lipinski definition) is 5. The summed E-state index contributed by atoms with van der Waals surface area (Å²) in [5.41, 5.74) is 0.352. The Kier molecular flexibility index (Phi) is 3.95. The lowest BCUT2D eigenvalue weighted by Crippen LogP contribution is -2.57. The van der Waals surface area contributed by atoms with Crippen molar-refractivity contribution >= 4 is 5.78 Å². The van der Waals surface area contributed by atoms with E-state index in [2.05, 4.69) is 13.8 Å². The van der Waals surface area contributed by atoms with E-state index in [0.29, 0.717) is 42.7 Å². The van der Waals surface area contributed by atoms with Crippen molar-refractivity contribution in [2.24, 2.45) is 39.9 Å². The molecule has 0 aromatic carbocycles. The fourth-order valence-corrected chi connectivity index (χ4v) is 10.1. The summed E-state index contributed by atoms with van der Waals surface area (Å²) in [5, 5.41) is 0. The van der Waals surface area contributed by atoms with Gasteiger partial charge in [0.25, 0.3) is 0 Å². The van der Waals surface area contributed by atoms with Gasteiger partial charge in [-0.1, -0.05) is 6.92 Å². The van der Waals surface area contributed by atoms with Crippen LogP contribution in [0.15, 0.2) is 0 Å². The highest BCUT2D eigenvalue weighted by atomic mass is 16.7. The molecule has 2 heterocycles. The molecular weight excluding hydrogens is 392 g/mol. The third kappa shape index (κ3) is 2.40. The fourth-order valence-electron chi connectivity index (χ4n) is 10.1. The van der Waals surface area contributed by atoms with Crippen molar-refractivity contribution in [2.45, 2.75) is 89.6 Å². The van der Waals surface area contributed by atoms with Gasteiger partial charge in [-0.25, -0.2) is 0 Å². The van der Waals surface area contributed by atoms with Crippen molar-refractivity contribution in [3.05, 3.63) is 0 Å². The van der Waals surface area contributed by atoms with E-state index in [0.717, 1.165) is 51.7 Å². The summed E-state index contributed by atoms with van der Waals surface area (Å²) < 4.78 is 24.3. The molecule has 2 saturated heterocycles. The lowest BCUT2D eigenvalue weighted by molar-refractivity contribution is -0.220. The molecule has 0 N–H and O–H groups in total. The first-order valence-electron chi connectivity index (χ1n) is 12.9. The standard InChI is InChI=1S/C26H38O5/c1-22-13-17(23(2)28-9-10-29-23)3-5-19(22)20-6-4-18-14-25(30-11-12-31-25)8-7-24(18)16-26(20,24)21(27)15-22/h17-20H,3-16H2,1-2H3/t17-,18-,19+,20-,22+,24-,26+/m0/s1. The normalized spacial score (nSPS) is 54.1. The van der Waals surface area contributed by atoms with Crippen LogP contribution in [0, 0.1) is 39.9 Å². The zero-order chi connectivity index (χ0) is 21.1. The van der Waals surface area contributed by atoms with Crippen LogP contribution in [0.4, 0.5) is 0 Å². The molecule has 0 aromatic rings. The molecule has 0 amide bonds. The number of ketones is 1. The van der Waals surface area contributed by atoms with E-state index in [1.54, 1.807) is 0 Å². The van der Waals surface area contributed by atoms with Crippen LogP contribution in [-0.4, -0.2) is 43.8 Å². The maximum atomic E-state index is 14.0. The van der Waals surface area contributed by atoms with Gasteiger partial charge in [-0.15, -0.1) is 0 Å². The molecule has 2 aliphatic heterocycles. The summed E-state index contributed by atoms with van der Waals surface area (Å²) >= 11 is 0. The molecule has 0 bridgehead atoms. The molecule has 0 unspecified atom stereocenters. The van der Waals surface area contributed by atoms with E-state index < -0.39 is 5.79 Å². The average molecular weight is 431 g/mol. The molecule has 3 spiro atoms. The lowest BCUT2D eigenvalue weighted by atomic mass is 9.45. The number of carbonyl (C=O) groups is 1. The molecule has 7 fully saturated rings. The maximum Gasteiger partial charge on any atom is 0.168 e. The van der Waals surface area contributed by atoms with Gasteiger partial charge >= 0.3 is 0 Å². The predicted octanol–water partition coefficient (Wildman–Crippen LogP) is 4.47. The Labute approximate surface area is 185 Å². The molecule has 7 atom stereocenters. The highest BCUT2D eigenvalue weighted by Gasteiger charge is 2.82. The van der Waals surface area contributed by atoms with E-state index in [4.69, 9.17) is 18.9 Å². The van der Waals surface area contributed by atoms with Crippen LogP contribution < -0.4 is 0 Å². The molecule has 0 radical (unpaired) electrons. The second-order valence-electron chi connectivity index (χ2n) is 12.5. The minimum Gasteiger partial charge on any atom is -0.348 e. The monoisotopic (exact) mass is 430 g/mol. The molecule has 5 saturated carbocycles. The Hall–Kier alpha value is -0.490. The van der Waals surface area contributed by atoms with Gasteiger partial charge in [-0.3, -0.25) is 4.79 Å². The first kappa shape index (κ1) is 19.9. The smallest absolute Gasteiger partial charge is 0.168 e. The van der Waals surface area contributed by atoms with Crippen LogP contribution in [0.25, 0.3) is 0 Å². The zero-order valence-electron chi connectivity index (χ0n) is 19.3. The summed E-state index contributed by atoms with van der Waals surface area (Å²) in [6.45, 7) is 7.44. The van der Waals surface area contributed by atoms with Crippen molar-refractivity contribution in [1.29, 1.82) is 0 Å². The topological polar surface area (TPSA) is 54.0 Å². The Bertz CT molecular complexity index is 798. The molecule has 5 aliphatic carbocycles. The van der Waals surface area contributed by atoms with Gasteiger partial charge in [0.15, 0.2) is 11.6 Å². The summed E-state index contributed by atoms with van der Waals surface area (Å²) in [6, 6.07) is 0. The molecule has 7 rings (SSSR count). The van der Waals surface area contributed by atoms with E-state index in [-0.39, 0.29) is 22.0 Å². The van der Waals surface area contributed by atoms with Crippen LogP contribution in [-0.2, 0) is 23.7 Å². The second kappa shape index (κ2) is 6.14. The molecule has 0 aromatic heterocycles. The van der Waals surface area contributed by atoms with E-state index >= 15 is 0 Å². The summed E-state index contributed by atoms with van der Waals surface area (Å²) in [7, 11) is 0. The van der Waals surface area contributed by atoms with E-state index in [1.807, 2.05) is 0 Å². The van der Waals surface area contributed by atoms with Crippen LogP contribution in [0.5, 0.6) is 0 Å². The third-order valence-corrected chi connectivity index (χ3v) is 11.5.